The van der Waals surface area contributed by atoms with E-state index in [1.165, 1.54) is 35.2 Å². The van der Waals surface area contributed by atoms with Crippen molar-refractivity contribution in [2.45, 2.75) is 43.5 Å². The molecule has 24 heavy (non-hydrogen) atoms. The highest BCUT2D eigenvalue weighted by molar-refractivity contribution is 7.98. The van der Waals surface area contributed by atoms with Crippen LogP contribution in [0.3, 0.4) is 0 Å². The molecule has 0 atom stereocenters. The van der Waals surface area contributed by atoms with Crippen LogP contribution in [0.1, 0.15) is 41.3 Å². The van der Waals surface area contributed by atoms with Gasteiger partial charge in [0.1, 0.15) is 5.82 Å². The normalized spacial score (nSPS) is 14.1. The van der Waals surface area contributed by atoms with Gasteiger partial charge < -0.3 is 0 Å². The van der Waals surface area contributed by atoms with Crippen LogP contribution in [-0.2, 0) is 5.75 Å². The van der Waals surface area contributed by atoms with Crippen LogP contribution in [0.2, 0.25) is 0 Å². The fourth-order valence-electron chi connectivity index (χ4n) is 2.82. The van der Waals surface area contributed by atoms with Gasteiger partial charge in [0.15, 0.2) is 5.16 Å². The van der Waals surface area contributed by atoms with Crippen LogP contribution in [-0.4, -0.2) is 14.8 Å². The molecule has 0 unspecified atom stereocenters. The lowest BCUT2D eigenvalue weighted by atomic mass is 10.2. The summed E-state index contributed by atoms with van der Waals surface area (Å²) in [5, 5.41) is 9.98. The average Bonchev–Trinajstić information content (AvgIpc) is 3.34. The summed E-state index contributed by atoms with van der Waals surface area (Å²) in [5.74, 6) is 2.60. The van der Waals surface area contributed by atoms with Gasteiger partial charge in [0.25, 0.3) is 0 Å². The Bertz CT molecular complexity index is 848. The van der Waals surface area contributed by atoms with Gasteiger partial charge in [0, 0.05) is 17.4 Å². The van der Waals surface area contributed by atoms with Crippen molar-refractivity contribution < 1.29 is 0 Å². The molecule has 122 valence electrons. The molecule has 2 aromatic carbocycles. The predicted molar refractivity (Wildman–Crippen MR) is 98.8 cm³/mol. The molecule has 0 radical (unpaired) electrons. The molecular weight excluding hydrogens is 314 g/mol. The number of hydrogen-bond acceptors (Lipinski definition) is 3. The first kappa shape index (κ1) is 15.5. The SMILES string of the molecule is Cc1ccc(CSc2nnc(C3CC3)n2-c2cccc(C)c2)cc1. The maximum atomic E-state index is 4.50. The average molecular weight is 335 g/mol. The summed E-state index contributed by atoms with van der Waals surface area (Å²) in [6.45, 7) is 4.25. The molecule has 3 aromatic rings. The number of hydrogen-bond donors (Lipinski definition) is 0. The Hall–Kier alpha value is -2.07. The van der Waals surface area contributed by atoms with E-state index in [-0.39, 0.29) is 0 Å². The zero-order valence-corrected chi connectivity index (χ0v) is 14.9. The number of aromatic nitrogens is 3. The molecule has 0 spiro atoms. The molecule has 3 nitrogen and oxygen atoms in total. The molecule has 1 aliphatic carbocycles. The number of thioether (sulfide) groups is 1. The molecular formula is C20H21N3S. The van der Waals surface area contributed by atoms with Crippen molar-refractivity contribution in [3.63, 3.8) is 0 Å². The van der Waals surface area contributed by atoms with Crippen LogP contribution in [0.5, 0.6) is 0 Å². The fourth-order valence-corrected chi connectivity index (χ4v) is 3.74. The summed E-state index contributed by atoms with van der Waals surface area (Å²) in [6.07, 6.45) is 2.46. The van der Waals surface area contributed by atoms with Crippen LogP contribution in [0, 0.1) is 13.8 Å². The highest BCUT2D eigenvalue weighted by Gasteiger charge is 2.31. The first-order valence-corrected chi connectivity index (χ1v) is 9.40. The summed E-state index contributed by atoms with van der Waals surface area (Å²) < 4.78 is 2.25. The van der Waals surface area contributed by atoms with Gasteiger partial charge in [-0.2, -0.15) is 0 Å². The Labute approximate surface area is 147 Å². The van der Waals surface area contributed by atoms with Gasteiger partial charge in [-0.25, -0.2) is 0 Å². The molecule has 0 saturated heterocycles. The second-order valence-corrected chi connectivity index (χ2v) is 7.51. The molecule has 0 N–H and O–H groups in total. The van der Waals surface area contributed by atoms with Crippen LogP contribution in [0.25, 0.3) is 5.69 Å². The van der Waals surface area contributed by atoms with Crippen molar-refractivity contribution in [1.29, 1.82) is 0 Å². The molecule has 1 fully saturated rings. The summed E-state index contributed by atoms with van der Waals surface area (Å²) >= 11 is 1.76. The van der Waals surface area contributed by atoms with E-state index < -0.39 is 0 Å². The van der Waals surface area contributed by atoms with Gasteiger partial charge in [-0.05, 0) is 49.9 Å². The summed E-state index contributed by atoms with van der Waals surface area (Å²) in [5.41, 5.74) is 5.05. The minimum atomic E-state index is 0.576. The Morgan fingerprint density at radius 1 is 1.00 bits per heavy atom. The maximum Gasteiger partial charge on any atom is 0.196 e. The van der Waals surface area contributed by atoms with Crippen LogP contribution in [0.15, 0.2) is 53.7 Å². The van der Waals surface area contributed by atoms with E-state index in [0.717, 1.165) is 16.7 Å². The van der Waals surface area contributed by atoms with Crippen molar-refractivity contribution in [2.24, 2.45) is 0 Å². The van der Waals surface area contributed by atoms with Crippen LogP contribution in [0.4, 0.5) is 0 Å². The summed E-state index contributed by atoms with van der Waals surface area (Å²) in [7, 11) is 0. The number of aryl methyl sites for hydroxylation is 2. The first-order chi connectivity index (χ1) is 11.7. The standard InChI is InChI=1S/C20H21N3S/c1-14-6-8-16(9-7-14)13-24-20-22-21-19(17-10-11-17)23(20)18-5-3-4-15(2)12-18/h3-9,12,17H,10-11,13H2,1-2H3. The van der Waals surface area contributed by atoms with Gasteiger partial charge in [0.2, 0.25) is 0 Å². The first-order valence-electron chi connectivity index (χ1n) is 8.41. The van der Waals surface area contributed by atoms with Crippen LogP contribution < -0.4 is 0 Å². The summed E-state index contributed by atoms with van der Waals surface area (Å²) in [6, 6.07) is 17.3. The quantitative estimate of drug-likeness (QED) is 0.611. The van der Waals surface area contributed by atoms with E-state index in [0.29, 0.717) is 5.92 Å². The van der Waals surface area contributed by atoms with Crippen LogP contribution >= 0.6 is 11.8 Å². The molecule has 0 amide bonds. The van der Waals surface area contributed by atoms with Crippen molar-refractivity contribution in [3.05, 3.63) is 71.0 Å². The predicted octanol–water partition coefficient (Wildman–Crippen LogP) is 5.05. The Morgan fingerprint density at radius 3 is 2.50 bits per heavy atom. The smallest absolute Gasteiger partial charge is 0.196 e. The van der Waals surface area contributed by atoms with Crippen molar-refractivity contribution in [2.75, 3.05) is 0 Å². The van der Waals surface area contributed by atoms with E-state index in [4.69, 9.17) is 0 Å². The fraction of sp³-hybridized carbons (Fsp3) is 0.300. The second kappa shape index (κ2) is 6.44. The highest BCUT2D eigenvalue weighted by atomic mass is 32.2. The Morgan fingerprint density at radius 2 is 1.79 bits per heavy atom. The van der Waals surface area contributed by atoms with Gasteiger partial charge in [-0.3, -0.25) is 4.57 Å². The number of rotatable bonds is 5. The minimum Gasteiger partial charge on any atom is -0.274 e. The highest BCUT2D eigenvalue weighted by Crippen LogP contribution is 2.41. The lowest BCUT2D eigenvalue weighted by Gasteiger charge is -2.10. The third kappa shape index (κ3) is 3.24. The third-order valence-electron chi connectivity index (χ3n) is 4.35. The van der Waals surface area contributed by atoms with Crippen molar-refractivity contribution in [1.82, 2.24) is 14.8 Å². The lowest BCUT2D eigenvalue weighted by Crippen LogP contribution is -2.02. The van der Waals surface area contributed by atoms with E-state index in [9.17, 15) is 0 Å². The zero-order chi connectivity index (χ0) is 16.5. The zero-order valence-electron chi connectivity index (χ0n) is 14.1. The molecule has 4 rings (SSSR count). The van der Waals surface area contributed by atoms with Gasteiger partial charge >= 0.3 is 0 Å². The topological polar surface area (TPSA) is 30.7 Å². The largest absolute Gasteiger partial charge is 0.274 e. The van der Waals surface area contributed by atoms with Crippen molar-refractivity contribution >= 4 is 11.8 Å². The molecule has 4 heteroatoms. The number of nitrogens with zero attached hydrogens (tertiary/aromatic N) is 3. The Kier molecular flexibility index (Phi) is 4.15. The van der Waals surface area contributed by atoms with Gasteiger partial charge in [0.05, 0.1) is 0 Å². The Balaban J connectivity index is 1.64. The molecule has 1 heterocycles. The third-order valence-corrected chi connectivity index (χ3v) is 5.35. The maximum absolute atomic E-state index is 4.50. The molecule has 0 aliphatic heterocycles. The lowest BCUT2D eigenvalue weighted by molar-refractivity contribution is 0.828. The monoisotopic (exact) mass is 335 g/mol. The van der Waals surface area contributed by atoms with E-state index >= 15 is 0 Å². The number of benzene rings is 2. The van der Waals surface area contributed by atoms with E-state index in [2.05, 4.69) is 77.1 Å². The molecule has 0 bridgehead atoms. The summed E-state index contributed by atoms with van der Waals surface area (Å²) in [4.78, 5) is 0. The second-order valence-electron chi connectivity index (χ2n) is 6.56. The van der Waals surface area contributed by atoms with E-state index in [1.807, 2.05) is 0 Å². The van der Waals surface area contributed by atoms with E-state index in [1.54, 1.807) is 11.8 Å². The molecule has 1 aromatic heterocycles. The van der Waals surface area contributed by atoms with Crippen molar-refractivity contribution in [3.8, 4) is 5.69 Å². The molecule has 1 saturated carbocycles. The van der Waals surface area contributed by atoms with Gasteiger partial charge in [-0.15, -0.1) is 10.2 Å². The van der Waals surface area contributed by atoms with Gasteiger partial charge in [-0.1, -0.05) is 53.7 Å². The minimum absolute atomic E-state index is 0.576. The molecule has 1 aliphatic rings.